The summed E-state index contributed by atoms with van der Waals surface area (Å²) in [5, 5.41) is 0. The Hall–Kier alpha value is -0.206. The minimum absolute atomic E-state index is 0.0162. The Balaban J connectivity index is 0. The fraction of sp³-hybridized carbons (Fsp3) is 0.400. The van der Waals surface area contributed by atoms with Gasteiger partial charge in [0, 0.05) is 0 Å². The molecular weight excluding hydrogens is 143 g/mol. The van der Waals surface area contributed by atoms with Crippen LogP contribution < -0.4 is 0 Å². The van der Waals surface area contributed by atoms with Crippen LogP contribution in [0, 0.1) is 6.08 Å². The number of rotatable bonds is 1. The summed E-state index contributed by atoms with van der Waals surface area (Å²) >= 11 is 1.06. The second-order valence-corrected chi connectivity index (χ2v) is 0.989. The van der Waals surface area contributed by atoms with Crippen molar-refractivity contribution in [3.05, 3.63) is 12.2 Å². The molecule has 0 aliphatic heterocycles. The van der Waals surface area contributed by atoms with Crippen molar-refractivity contribution in [1.82, 2.24) is 0 Å². The van der Waals surface area contributed by atoms with Crippen LogP contribution >= 0.6 is 0 Å². The van der Waals surface area contributed by atoms with Gasteiger partial charge in [0.2, 0.25) is 0 Å². The van der Waals surface area contributed by atoms with Gasteiger partial charge in [-0.1, -0.05) is 6.92 Å². The van der Waals surface area contributed by atoms with Crippen molar-refractivity contribution < 1.29 is 25.8 Å². The first kappa shape index (κ1) is 10.7. The molecule has 2 nitrogen and oxygen atoms in total. The van der Waals surface area contributed by atoms with Crippen LogP contribution in [-0.2, 0) is 25.8 Å². The van der Waals surface area contributed by atoms with E-state index in [4.69, 9.17) is 3.67 Å². The summed E-state index contributed by atoms with van der Waals surface area (Å²) in [4.78, 5) is 9.90. The van der Waals surface area contributed by atoms with Gasteiger partial charge in [0.15, 0.2) is 0 Å². The van der Waals surface area contributed by atoms with Gasteiger partial charge in [-0.3, -0.25) is 6.08 Å². The summed E-state index contributed by atoms with van der Waals surface area (Å²) in [6, 6.07) is 0. The Morgan fingerprint density at radius 3 is 2.00 bits per heavy atom. The van der Waals surface area contributed by atoms with Gasteiger partial charge in [0.05, 0.1) is 0 Å². The van der Waals surface area contributed by atoms with Crippen LogP contribution in [0.3, 0.4) is 0 Å². The number of hydrogen-bond donors (Lipinski definition) is 0. The van der Waals surface area contributed by atoms with E-state index >= 15 is 0 Å². The maximum absolute atomic E-state index is 9.90. The third-order valence-corrected chi connectivity index (χ3v) is 0.348. The van der Waals surface area contributed by atoms with E-state index in [1.54, 1.807) is 13.0 Å². The van der Waals surface area contributed by atoms with Crippen molar-refractivity contribution in [3.8, 4) is 0 Å². The molecule has 0 heterocycles. The molecule has 0 N–H and O–H groups in total. The third kappa shape index (κ3) is 17.1. The Morgan fingerprint density at radius 1 is 1.62 bits per heavy atom. The van der Waals surface area contributed by atoms with Gasteiger partial charge in [-0.25, -0.2) is 0 Å². The third-order valence-electron chi connectivity index (χ3n) is 0.348. The van der Waals surface area contributed by atoms with Crippen molar-refractivity contribution in [2.24, 2.45) is 0 Å². The molecule has 0 saturated carbocycles. The quantitative estimate of drug-likeness (QED) is 0.409. The van der Waals surface area contributed by atoms with Gasteiger partial charge in [0.25, 0.3) is 0 Å². The minimum atomic E-state index is -0.0162. The molecule has 0 radical (unpaired) electrons. The molecule has 0 bridgehead atoms. The Kier molecular flexibility index (Phi) is 13.3. The fourth-order valence-electron chi connectivity index (χ4n) is 0.203. The van der Waals surface area contributed by atoms with Crippen molar-refractivity contribution in [2.75, 3.05) is 0 Å². The van der Waals surface area contributed by atoms with Crippen molar-refractivity contribution in [3.63, 3.8) is 0 Å². The van der Waals surface area contributed by atoms with Crippen LogP contribution in [0.1, 0.15) is 13.8 Å². The molecule has 0 aliphatic carbocycles. The van der Waals surface area contributed by atoms with Crippen LogP contribution in [0.15, 0.2) is 6.08 Å². The van der Waals surface area contributed by atoms with Gasteiger partial charge in [0.1, 0.15) is 0 Å². The first-order chi connectivity index (χ1) is 3.77. The molecule has 0 unspecified atom stereocenters. The van der Waals surface area contributed by atoms with Gasteiger partial charge in [-0.15, -0.1) is 0 Å². The summed E-state index contributed by atoms with van der Waals surface area (Å²) in [5.74, 6) is -0.0162. The van der Waals surface area contributed by atoms with Gasteiger partial charge in [-0.2, -0.15) is 0 Å². The Labute approximate surface area is 58.2 Å². The van der Waals surface area contributed by atoms with E-state index in [1.165, 1.54) is 6.92 Å². The van der Waals surface area contributed by atoms with E-state index in [1.807, 2.05) is 0 Å². The molecule has 0 aromatic heterocycles. The van der Waals surface area contributed by atoms with Crippen LogP contribution in [0.2, 0.25) is 0 Å². The zero-order valence-corrected chi connectivity index (χ0v) is 6.24. The molecule has 0 atom stereocenters. The molecule has 0 fully saturated rings. The second-order valence-electron chi connectivity index (χ2n) is 0.989. The summed E-state index contributed by atoms with van der Waals surface area (Å²) in [5.41, 5.74) is 0. The van der Waals surface area contributed by atoms with E-state index in [-0.39, 0.29) is 5.78 Å². The normalized spacial score (nSPS) is 7.62. The van der Waals surface area contributed by atoms with E-state index in [9.17, 15) is 4.79 Å². The first-order valence-corrected chi connectivity index (χ1v) is 2.57. The molecule has 8 heavy (non-hydrogen) atoms. The van der Waals surface area contributed by atoms with E-state index < -0.39 is 0 Å². The molecule has 0 saturated heterocycles. The molecule has 45 valence electrons. The molecule has 0 aliphatic rings. The Morgan fingerprint density at radius 2 is 2.00 bits per heavy atom. The van der Waals surface area contributed by atoms with Gasteiger partial charge >= 0.3 is 21.0 Å². The van der Waals surface area contributed by atoms with Crippen LogP contribution in [0.25, 0.3) is 0 Å². The molecule has 3 heteroatoms. The number of hydrogen-bond acceptors (Lipinski definition) is 2. The van der Waals surface area contributed by atoms with Crippen molar-refractivity contribution >= 4 is 5.78 Å². The average molecular weight is 150 g/mol. The van der Waals surface area contributed by atoms with Crippen LogP contribution in [-0.4, -0.2) is 5.78 Å². The monoisotopic (exact) mass is 150 g/mol. The molecule has 0 amide bonds. The van der Waals surface area contributed by atoms with Crippen LogP contribution in [0.5, 0.6) is 0 Å². The summed E-state index contributed by atoms with van der Waals surface area (Å²) in [6.45, 7) is 3.24. The second kappa shape index (κ2) is 9.92. The Bertz CT molecular complexity index is 88.4. The molecule has 0 aromatic carbocycles. The fourth-order valence-corrected chi connectivity index (χ4v) is 0.203. The molecule has 0 spiro atoms. The van der Waals surface area contributed by atoms with E-state index in [0.717, 1.165) is 17.4 Å². The zero-order valence-electron chi connectivity index (χ0n) is 4.84. The van der Waals surface area contributed by atoms with Crippen LogP contribution in [0.4, 0.5) is 0 Å². The first-order valence-electron chi connectivity index (χ1n) is 2.00. The number of carbonyl (C=O) groups is 1. The zero-order chi connectivity index (χ0) is 6.99. The standard InChI is InChI=1S/C5H7O.O.V/c1-3-4-5(2)6;;/h3H,1-2H3;;/q-1;;. The number of Topliss-reactive ketones (excluding diaryl/α,β-unsaturated/α-hetero) is 1. The molecule has 0 aromatic rings. The van der Waals surface area contributed by atoms with Crippen molar-refractivity contribution in [2.45, 2.75) is 13.8 Å². The average Bonchev–Trinajstić information content (AvgIpc) is 1.72. The summed E-state index contributed by atoms with van der Waals surface area (Å²) in [7, 11) is 0. The molecular formula is C5H7O2V-. The van der Waals surface area contributed by atoms with Gasteiger partial charge < -0.3 is 10.9 Å². The number of ketones is 1. The summed E-state index contributed by atoms with van der Waals surface area (Å²) < 4.78 is 8.19. The molecule has 0 rings (SSSR count). The van der Waals surface area contributed by atoms with Gasteiger partial charge in [-0.05, 0) is 12.7 Å². The number of allylic oxidation sites excluding steroid dienone is 2. The SMILES string of the molecule is CC=[C-]C(C)=O.[O]=[V]. The maximum atomic E-state index is 9.90. The van der Waals surface area contributed by atoms with E-state index in [2.05, 4.69) is 6.08 Å². The summed E-state index contributed by atoms with van der Waals surface area (Å²) in [6.07, 6.45) is 4.04. The van der Waals surface area contributed by atoms with Crippen molar-refractivity contribution in [1.29, 1.82) is 0 Å². The topological polar surface area (TPSA) is 34.1 Å². The van der Waals surface area contributed by atoms with E-state index in [0.29, 0.717) is 0 Å². The predicted octanol–water partition coefficient (Wildman–Crippen LogP) is 0.833. The number of carbonyl (C=O) groups excluding carboxylic acids is 1. The predicted molar refractivity (Wildman–Crippen MR) is 24.9 cm³/mol.